The molecule has 1 fully saturated rings. The summed E-state index contributed by atoms with van der Waals surface area (Å²) in [4.78, 5) is 43.3. The number of benzene rings is 2. The van der Waals surface area contributed by atoms with Crippen molar-refractivity contribution >= 4 is 28.6 Å². The van der Waals surface area contributed by atoms with E-state index in [1.54, 1.807) is 4.90 Å². The molecule has 3 N–H and O–H groups in total. The third kappa shape index (κ3) is 5.24. The Kier molecular flexibility index (Phi) is 6.90. The van der Waals surface area contributed by atoms with E-state index < -0.39 is 35.4 Å². The summed E-state index contributed by atoms with van der Waals surface area (Å²) < 4.78 is 26.7. The molecule has 2 aromatic carbocycles. The molecule has 34 heavy (non-hydrogen) atoms. The van der Waals surface area contributed by atoms with Crippen LogP contribution in [0.5, 0.6) is 0 Å². The van der Waals surface area contributed by atoms with Crippen molar-refractivity contribution in [3.05, 3.63) is 71.4 Å². The molecule has 2 heterocycles. The standard InChI is InChI=1S/C25H26F2N4O3/c1-15(23(32)29-13-16-9-18(26)12-19(27)10-16)24(33)30-22(25(34)31-7-4-8-31)11-17-14-28-21-6-3-2-5-20(17)21/h2-3,5-6,9-10,12,14-15,22,28H,4,7-8,11,13H2,1H3,(H,29,32)(H,30,33). The molecule has 4 rings (SSSR count). The Hall–Kier alpha value is -3.75. The number of aromatic nitrogens is 1. The predicted octanol–water partition coefficient (Wildman–Crippen LogP) is 2.66. The van der Waals surface area contributed by atoms with Crippen LogP contribution in [0, 0.1) is 17.6 Å². The van der Waals surface area contributed by atoms with Crippen molar-refractivity contribution in [2.45, 2.75) is 32.4 Å². The number of carbonyl (C=O) groups excluding carboxylic acids is 3. The predicted molar refractivity (Wildman–Crippen MR) is 122 cm³/mol. The van der Waals surface area contributed by atoms with Gasteiger partial charge in [0.2, 0.25) is 17.7 Å². The number of nitrogens with one attached hydrogen (secondary N) is 3. The smallest absolute Gasteiger partial charge is 0.245 e. The molecule has 3 amide bonds. The molecule has 1 aliphatic heterocycles. The zero-order valence-electron chi connectivity index (χ0n) is 18.7. The minimum Gasteiger partial charge on any atom is -0.361 e. The second-order valence-electron chi connectivity index (χ2n) is 8.52. The van der Waals surface area contributed by atoms with Crippen LogP contribution in [0.1, 0.15) is 24.5 Å². The maximum absolute atomic E-state index is 13.4. The van der Waals surface area contributed by atoms with E-state index in [9.17, 15) is 23.2 Å². The number of nitrogens with zero attached hydrogens (tertiary/aromatic N) is 1. The highest BCUT2D eigenvalue weighted by atomic mass is 19.1. The Bertz CT molecular complexity index is 1200. The van der Waals surface area contributed by atoms with E-state index in [-0.39, 0.29) is 24.4 Å². The Morgan fingerprint density at radius 1 is 1.06 bits per heavy atom. The van der Waals surface area contributed by atoms with Gasteiger partial charge in [-0.25, -0.2) is 8.78 Å². The van der Waals surface area contributed by atoms with Gasteiger partial charge in [-0.1, -0.05) is 18.2 Å². The SMILES string of the molecule is CC(C(=O)NCc1cc(F)cc(F)c1)C(=O)NC(Cc1c[nH]c2ccccc12)C(=O)N1CCC1. The number of amides is 3. The van der Waals surface area contributed by atoms with Gasteiger partial charge in [-0.2, -0.15) is 0 Å². The first-order chi connectivity index (χ1) is 16.3. The molecule has 2 atom stereocenters. The summed E-state index contributed by atoms with van der Waals surface area (Å²) in [7, 11) is 0. The van der Waals surface area contributed by atoms with Crippen molar-refractivity contribution in [1.82, 2.24) is 20.5 Å². The number of fused-ring (bicyclic) bond motifs is 1. The largest absolute Gasteiger partial charge is 0.361 e. The topological polar surface area (TPSA) is 94.3 Å². The maximum Gasteiger partial charge on any atom is 0.245 e. The molecule has 1 saturated heterocycles. The third-order valence-electron chi connectivity index (χ3n) is 6.06. The molecule has 0 radical (unpaired) electrons. The summed E-state index contributed by atoms with van der Waals surface area (Å²) in [5.41, 5.74) is 2.06. The number of hydrogen-bond acceptors (Lipinski definition) is 3. The minimum absolute atomic E-state index is 0.128. The van der Waals surface area contributed by atoms with Gasteiger partial charge in [0.05, 0.1) is 0 Å². The average molecular weight is 469 g/mol. The van der Waals surface area contributed by atoms with Crippen LogP contribution in [0.25, 0.3) is 10.9 Å². The molecule has 2 unspecified atom stereocenters. The Morgan fingerprint density at radius 2 is 1.76 bits per heavy atom. The van der Waals surface area contributed by atoms with Crippen molar-refractivity contribution in [3.8, 4) is 0 Å². The molecule has 9 heteroatoms. The minimum atomic E-state index is -1.10. The lowest BCUT2D eigenvalue weighted by atomic mass is 10.0. The normalized spacial score (nSPS) is 14.9. The van der Waals surface area contributed by atoms with Crippen LogP contribution in [0.15, 0.2) is 48.7 Å². The molecule has 1 aromatic heterocycles. The fraction of sp³-hybridized carbons (Fsp3) is 0.320. The molecule has 178 valence electrons. The number of carbonyl (C=O) groups is 3. The van der Waals surface area contributed by atoms with Crippen molar-refractivity contribution < 1.29 is 23.2 Å². The number of rotatable bonds is 8. The van der Waals surface area contributed by atoms with Crippen LogP contribution in [-0.4, -0.2) is 46.7 Å². The van der Waals surface area contributed by atoms with E-state index in [1.807, 2.05) is 30.5 Å². The Morgan fingerprint density at radius 3 is 2.44 bits per heavy atom. The molecule has 7 nitrogen and oxygen atoms in total. The quantitative estimate of drug-likeness (QED) is 0.444. The van der Waals surface area contributed by atoms with Gasteiger partial charge in [-0.15, -0.1) is 0 Å². The van der Waals surface area contributed by atoms with E-state index in [4.69, 9.17) is 0 Å². The number of aromatic amines is 1. The lowest BCUT2D eigenvalue weighted by Gasteiger charge is -2.34. The van der Waals surface area contributed by atoms with E-state index >= 15 is 0 Å². The highest BCUT2D eigenvalue weighted by Crippen LogP contribution is 2.21. The van der Waals surface area contributed by atoms with Crippen LogP contribution in [0.3, 0.4) is 0 Å². The first-order valence-corrected chi connectivity index (χ1v) is 11.2. The van der Waals surface area contributed by atoms with Gasteiger partial charge in [0, 0.05) is 49.2 Å². The van der Waals surface area contributed by atoms with E-state index in [0.717, 1.165) is 41.1 Å². The molecule has 0 spiro atoms. The second kappa shape index (κ2) is 10.0. The van der Waals surface area contributed by atoms with E-state index in [2.05, 4.69) is 15.6 Å². The number of likely N-dealkylation sites (tertiary alicyclic amines) is 1. The Balaban J connectivity index is 1.42. The molecule has 3 aromatic rings. The summed E-state index contributed by atoms with van der Waals surface area (Å²) in [5, 5.41) is 6.22. The maximum atomic E-state index is 13.4. The second-order valence-corrected chi connectivity index (χ2v) is 8.52. The van der Waals surface area contributed by atoms with Gasteiger partial charge >= 0.3 is 0 Å². The summed E-state index contributed by atoms with van der Waals surface area (Å²) >= 11 is 0. The molecule has 0 saturated carbocycles. The van der Waals surface area contributed by atoms with E-state index in [1.165, 1.54) is 6.92 Å². The molecule has 0 aliphatic carbocycles. The van der Waals surface area contributed by atoms with Gasteiger partial charge in [0.15, 0.2) is 0 Å². The number of hydrogen-bond donors (Lipinski definition) is 3. The van der Waals surface area contributed by atoms with Crippen molar-refractivity contribution in [2.24, 2.45) is 5.92 Å². The van der Waals surface area contributed by atoms with Gasteiger partial charge in [-0.3, -0.25) is 14.4 Å². The Labute approximate surface area is 195 Å². The number of para-hydroxylation sites is 1. The molecule has 0 bridgehead atoms. The van der Waals surface area contributed by atoms with E-state index in [0.29, 0.717) is 13.1 Å². The summed E-state index contributed by atoms with van der Waals surface area (Å²) in [6.45, 7) is 2.57. The van der Waals surface area contributed by atoms with Gasteiger partial charge in [-0.05, 0) is 42.7 Å². The van der Waals surface area contributed by atoms with Gasteiger partial charge in [0.1, 0.15) is 23.6 Å². The number of H-pyrrole nitrogens is 1. The molecular weight excluding hydrogens is 442 g/mol. The molecular formula is C25H26F2N4O3. The lowest BCUT2D eigenvalue weighted by molar-refractivity contribution is -0.142. The summed E-state index contributed by atoms with van der Waals surface area (Å²) in [6, 6.07) is 9.82. The highest BCUT2D eigenvalue weighted by molar-refractivity contribution is 6.01. The fourth-order valence-corrected chi connectivity index (χ4v) is 3.95. The van der Waals surface area contributed by atoms with Crippen molar-refractivity contribution in [2.75, 3.05) is 13.1 Å². The van der Waals surface area contributed by atoms with Crippen molar-refractivity contribution in [1.29, 1.82) is 0 Å². The summed E-state index contributed by atoms with van der Waals surface area (Å²) in [5.74, 6) is -3.99. The van der Waals surface area contributed by atoms with Crippen LogP contribution < -0.4 is 10.6 Å². The third-order valence-corrected chi connectivity index (χ3v) is 6.06. The number of halogens is 2. The van der Waals surface area contributed by atoms with Crippen molar-refractivity contribution in [3.63, 3.8) is 0 Å². The average Bonchev–Trinajstić information content (AvgIpc) is 3.17. The van der Waals surface area contributed by atoms with Gasteiger partial charge in [0.25, 0.3) is 0 Å². The van der Waals surface area contributed by atoms with Crippen LogP contribution >= 0.6 is 0 Å². The van der Waals surface area contributed by atoms with Crippen LogP contribution in [-0.2, 0) is 27.3 Å². The van der Waals surface area contributed by atoms with Gasteiger partial charge < -0.3 is 20.5 Å². The molecule has 1 aliphatic rings. The summed E-state index contributed by atoms with van der Waals surface area (Å²) in [6.07, 6.45) is 3.02. The highest BCUT2D eigenvalue weighted by Gasteiger charge is 2.32. The fourth-order valence-electron chi connectivity index (χ4n) is 3.95. The zero-order valence-corrected chi connectivity index (χ0v) is 18.7. The zero-order chi connectivity index (χ0) is 24.2. The van der Waals surface area contributed by atoms with Crippen LogP contribution in [0.2, 0.25) is 0 Å². The first kappa shape index (κ1) is 23.4. The monoisotopic (exact) mass is 468 g/mol. The lowest BCUT2D eigenvalue weighted by Crippen LogP contribution is -2.55. The van der Waals surface area contributed by atoms with Crippen LogP contribution in [0.4, 0.5) is 8.78 Å². The first-order valence-electron chi connectivity index (χ1n) is 11.2.